The van der Waals surface area contributed by atoms with E-state index in [4.69, 9.17) is 10.5 Å². The number of ether oxygens (including phenoxy) is 1. The molecule has 94 valence electrons. The molecular weight excluding hydrogens is 299 g/mol. The zero-order chi connectivity index (χ0) is 13.0. The van der Waals surface area contributed by atoms with Gasteiger partial charge in [-0.15, -0.1) is 0 Å². The van der Waals surface area contributed by atoms with Crippen molar-refractivity contribution in [2.75, 3.05) is 0 Å². The molecule has 0 saturated heterocycles. The molecule has 0 aliphatic rings. The molecule has 0 aliphatic carbocycles. The van der Waals surface area contributed by atoms with Crippen LogP contribution in [-0.4, -0.2) is 4.98 Å². The largest absolute Gasteiger partial charge is 0.486 e. The van der Waals surface area contributed by atoms with Crippen LogP contribution in [0.25, 0.3) is 0 Å². The molecule has 0 saturated carbocycles. The number of pyridine rings is 1. The minimum atomic E-state index is -0.336. The molecule has 3 nitrogen and oxygen atoms in total. The van der Waals surface area contributed by atoms with E-state index in [9.17, 15) is 4.39 Å². The van der Waals surface area contributed by atoms with Crippen molar-refractivity contribution in [3.8, 4) is 5.75 Å². The van der Waals surface area contributed by atoms with Gasteiger partial charge >= 0.3 is 0 Å². The standard InChI is InChI=1S/C13H12BrFN2O/c14-12-5-4-9(15)6-13(12)18-8-11-3-1-2-10(7-16)17-11/h1-6H,7-8,16H2. The third kappa shape index (κ3) is 3.27. The Bertz CT molecular complexity index is 548. The lowest BCUT2D eigenvalue weighted by atomic mass is 10.3. The average Bonchev–Trinajstić information content (AvgIpc) is 2.40. The van der Waals surface area contributed by atoms with Crippen molar-refractivity contribution in [1.29, 1.82) is 0 Å². The summed E-state index contributed by atoms with van der Waals surface area (Å²) in [7, 11) is 0. The molecule has 0 bridgehead atoms. The monoisotopic (exact) mass is 310 g/mol. The summed E-state index contributed by atoms with van der Waals surface area (Å²) >= 11 is 3.30. The van der Waals surface area contributed by atoms with Crippen LogP contribution in [0.5, 0.6) is 5.75 Å². The van der Waals surface area contributed by atoms with E-state index in [0.29, 0.717) is 16.8 Å². The van der Waals surface area contributed by atoms with Crippen LogP contribution in [0, 0.1) is 5.82 Å². The molecule has 1 aromatic heterocycles. The van der Waals surface area contributed by atoms with Gasteiger partial charge in [0, 0.05) is 12.6 Å². The van der Waals surface area contributed by atoms with E-state index in [2.05, 4.69) is 20.9 Å². The van der Waals surface area contributed by atoms with Crippen molar-refractivity contribution >= 4 is 15.9 Å². The van der Waals surface area contributed by atoms with E-state index in [1.165, 1.54) is 12.1 Å². The van der Waals surface area contributed by atoms with Crippen LogP contribution in [-0.2, 0) is 13.2 Å². The fourth-order valence-corrected chi connectivity index (χ4v) is 1.82. The van der Waals surface area contributed by atoms with Gasteiger partial charge in [-0.25, -0.2) is 4.39 Å². The summed E-state index contributed by atoms with van der Waals surface area (Å²) in [6, 6.07) is 9.86. The SMILES string of the molecule is NCc1cccc(COc2cc(F)ccc2Br)n1. The molecule has 0 unspecified atom stereocenters. The predicted molar refractivity (Wildman–Crippen MR) is 70.6 cm³/mol. The summed E-state index contributed by atoms with van der Waals surface area (Å²) in [5.74, 6) is 0.117. The zero-order valence-corrected chi connectivity index (χ0v) is 11.2. The number of benzene rings is 1. The van der Waals surface area contributed by atoms with Gasteiger partial charge in [-0.05, 0) is 40.2 Å². The predicted octanol–water partition coefficient (Wildman–Crippen LogP) is 3.02. The molecule has 0 fully saturated rings. The summed E-state index contributed by atoms with van der Waals surface area (Å²) in [6.07, 6.45) is 0. The quantitative estimate of drug-likeness (QED) is 0.944. The van der Waals surface area contributed by atoms with Crippen molar-refractivity contribution in [3.05, 3.63) is 58.1 Å². The fraction of sp³-hybridized carbons (Fsp3) is 0.154. The van der Waals surface area contributed by atoms with Crippen molar-refractivity contribution < 1.29 is 9.13 Å². The smallest absolute Gasteiger partial charge is 0.136 e. The highest BCUT2D eigenvalue weighted by atomic mass is 79.9. The topological polar surface area (TPSA) is 48.1 Å². The molecule has 2 aromatic rings. The first-order valence-electron chi connectivity index (χ1n) is 5.42. The van der Waals surface area contributed by atoms with Gasteiger partial charge in [-0.2, -0.15) is 0 Å². The summed E-state index contributed by atoms with van der Waals surface area (Å²) in [4.78, 5) is 4.30. The van der Waals surface area contributed by atoms with E-state index >= 15 is 0 Å². The van der Waals surface area contributed by atoms with Gasteiger partial charge in [-0.1, -0.05) is 6.07 Å². The van der Waals surface area contributed by atoms with Crippen LogP contribution >= 0.6 is 15.9 Å². The van der Waals surface area contributed by atoms with Gasteiger partial charge in [0.2, 0.25) is 0 Å². The Morgan fingerprint density at radius 2 is 2.00 bits per heavy atom. The molecule has 5 heteroatoms. The number of aromatic nitrogens is 1. The van der Waals surface area contributed by atoms with Crippen molar-refractivity contribution in [2.45, 2.75) is 13.2 Å². The summed E-state index contributed by atoms with van der Waals surface area (Å²) < 4.78 is 19.3. The third-order valence-corrected chi connectivity index (χ3v) is 3.00. The summed E-state index contributed by atoms with van der Waals surface area (Å²) in [6.45, 7) is 0.660. The van der Waals surface area contributed by atoms with Gasteiger partial charge in [-0.3, -0.25) is 4.98 Å². The first kappa shape index (κ1) is 13.0. The lowest BCUT2D eigenvalue weighted by Gasteiger charge is -2.08. The Hall–Kier alpha value is -1.46. The number of nitrogens with two attached hydrogens (primary N) is 1. The van der Waals surface area contributed by atoms with Crippen LogP contribution in [0.1, 0.15) is 11.4 Å². The Morgan fingerprint density at radius 1 is 1.22 bits per heavy atom. The molecule has 1 heterocycles. The maximum atomic E-state index is 13.1. The minimum absolute atomic E-state index is 0.274. The maximum Gasteiger partial charge on any atom is 0.136 e. The van der Waals surface area contributed by atoms with Gasteiger partial charge < -0.3 is 10.5 Å². The van der Waals surface area contributed by atoms with E-state index in [1.807, 2.05) is 18.2 Å². The molecule has 2 N–H and O–H groups in total. The molecule has 0 amide bonds. The number of hydrogen-bond acceptors (Lipinski definition) is 3. The number of halogens is 2. The molecule has 0 spiro atoms. The fourth-order valence-electron chi connectivity index (χ4n) is 1.46. The Labute approximate surface area is 113 Å². The second-order valence-corrected chi connectivity index (χ2v) is 4.54. The highest BCUT2D eigenvalue weighted by Crippen LogP contribution is 2.26. The maximum absolute atomic E-state index is 13.1. The van der Waals surface area contributed by atoms with Crippen LogP contribution in [0.4, 0.5) is 4.39 Å². The van der Waals surface area contributed by atoms with Crippen LogP contribution in [0.2, 0.25) is 0 Å². The van der Waals surface area contributed by atoms with Gasteiger partial charge in [0.15, 0.2) is 0 Å². The van der Waals surface area contributed by atoms with E-state index < -0.39 is 0 Å². The van der Waals surface area contributed by atoms with Crippen molar-refractivity contribution in [1.82, 2.24) is 4.98 Å². The number of hydrogen-bond donors (Lipinski definition) is 1. The minimum Gasteiger partial charge on any atom is -0.486 e. The first-order valence-corrected chi connectivity index (χ1v) is 6.21. The van der Waals surface area contributed by atoms with Gasteiger partial charge in [0.1, 0.15) is 18.2 Å². The Kier molecular flexibility index (Phi) is 4.28. The highest BCUT2D eigenvalue weighted by molar-refractivity contribution is 9.10. The molecule has 18 heavy (non-hydrogen) atoms. The van der Waals surface area contributed by atoms with Crippen molar-refractivity contribution in [3.63, 3.8) is 0 Å². The van der Waals surface area contributed by atoms with E-state index in [-0.39, 0.29) is 12.4 Å². The normalized spacial score (nSPS) is 10.4. The second kappa shape index (κ2) is 5.93. The summed E-state index contributed by atoms with van der Waals surface area (Å²) in [5, 5.41) is 0. The lowest BCUT2D eigenvalue weighted by molar-refractivity contribution is 0.297. The Balaban J connectivity index is 2.08. The molecule has 2 rings (SSSR count). The lowest BCUT2D eigenvalue weighted by Crippen LogP contribution is -2.04. The zero-order valence-electron chi connectivity index (χ0n) is 9.57. The van der Waals surface area contributed by atoms with Crippen molar-refractivity contribution in [2.24, 2.45) is 5.73 Å². The van der Waals surface area contributed by atoms with E-state index in [0.717, 1.165) is 11.4 Å². The number of rotatable bonds is 4. The van der Waals surface area contributed by atoms with Crippen LogP contribution in [0.3, 0.4) is 0 Å². The van der Waals surface area contributed by atoms with Gasteiger partial charge in [0.25, 0.3) is 0 Å². The molecule has 0 aliphatic heterocycles. The van der Waals surface area contributed by atoms with Crippen LogP contribution < -0.4 is 10.5 Å². The molecule has 0 radical (unpaired) electrons. The second-order valence-electron chi connectivity index (χ2n) is 3.69. The molecule has 1 aromatic carbocycles. The Morgan fingerprint density at radius 3 is 2.78 bits per heavy atom. The first-order chi connectivity index (χ1) is 8.69. The summed E-state index contributed by atoms with van der Waals surface area (Å²) in [5.41, 5.74) is 7.07. The average molecular weight is 311 g/mol. The van der Waals surface area contributed by atoms with E-state index in [1.54, 1.807) is 6.07 Å². The highest BCUT2D eigenvalue weighted by Gasteiger charge is 2.04. The molecular formula is C13H12BrFN2O. The van der Waals surface area contributed by atoms with Crippen LogP contribution in [0.15, 0.2) is 40.9 Å². The third-order valence-electron chi connectivity index (χ3n) is 2.34. The molecule has 0 atom stereocenters. The van der Waals surface area contributed by atoms with Gasteiger partial charge in [0.05, 0.1) is 15.9 Å². The number of nitrogens with zero attached hydrogens (tertiary/aromatic N) is 1.